The molecule has 0 atom stereocenters. The van der Waals surface area contributed by atoms with E-state index in [0.717, 1.165) is 30.2 Å². The van der Waals surface area contributed by atoms with Crippen molar-refractivity contribution >= 4 is 6.21 Å². The molecule has 1 saturated heterocycles. The van der Waals surface area contributed by atoms with Gasteiger partial charge in [-0.2, -0.15) is 0 Å². The van der Waals surface area contributed by atoms with Crippen molar-refractivity contribution in [1.82, 2.24) is 5.32 Å². The molecule has 2 heterocycles. The summed E-state index contributed by atoms with van der Waals surface area (Å²) in [5, 5.41) is 3.27. The van der Waals surface area contributed by atoms with Crippen LogP contribution in [0.3, 0.4) is 0 Å². The Kier molecular flexibility index (Phi) is 2.72. The minimum atomic E-state index is 0.316. The fourth-order valence-electron chi connectivity index (χ4n) is 1.49. The lowest BCUT2D eigenvalue weighted by molar-refractivity contribution is 0.0964. The van der Waals surface area contributed by atoms with Gasteiger partial charge in [0, 0.05) is 12.8 Å². The van der Waals surface area contributed by atoms with Crippen LogP contribution in [0.25, 0.3) is 0 Å². The molecule has 4 nitrogen and oxygen atoms in total. The third-order valence-corrected chi connectivity index (χ3v) is 2.19. The van der Waals surface area contributed by atoms with Gasteiger partial charge in [-0.1, -0.05) is 6.92 Å². The molecule has 14 heavy (non-hydrogen) atoms. The Labute approximate surface area is 83.3 Å². The zero-order valence-electron chi connectivity index (χ0n) is 8.25. The van der Waals surface area contributed by atoms with Gasteiger partial charge in [0.25, 0.3) is 0 Å². The van der Waals surface area contributed by atoms with Gasteiger partial charge in [0.15, 0.2) is 11.5 Å². The molecular weight excluding hydrogens is 180 g/mol. The summed E-state index contributed by atoms with van der Waals surface area (Å²) >= 11 is 0. The van der Waals surface area contributed by atoms with Crippen LogP contribution in [-0.2, 0) is 9.47 Å². The van der Waals surface area contributed by atoms with E-state index in [0.29, 0.717) is 13.3 Å². The van der Waals surface area contributed by atoms with Gasteiger partial charge < -0.3 is 14.8 Å². The van der Waals surface area contributed by atoms with Gasteiger partial charge in [0.1, 0.15) is 0 Å². The van der Waals surface area contributed by atoms with Gasteiger partial charge in [0.2, 0.25) is 6.79 Å². The summed E-state index contributed by atoms with van der Waals surface area (Å²) in [5.41, 5.74) is 1.09. The maximum absolute atomic E-state index is 5.42. The predicted molar refractivity (Wildman–Crippen MR) is 53.8 cm³/mol. The van der Waals surface area contributed by atoms with Gasteiger partial charge in [-0.3, -0.25) is 4.99 Å². The Morgan fingerprint density at radius 1 is 1.50 bits per heavy atom. The molecule has 0 bridgehead atoms. The van der Waals surface area contributed by atoms with Crippen LogP contribution in [0.1, 0.15) is 13.3 Å². The summed E-state index contributed by atoms with van der Waals surface area (Å²) in [6, 6.07) is 0. The Balaban J connectivity index is 2.31. The summed E-state index contributed by atoms with van der Waals surface area (Å²) in [4.78, 5) is 4.19. The second-order valence-corrected chi connectivity index (χ2v) is 3.06. The minimum Gasteiger partial charge on any atom is -0.454 e. The first-order valence-corrected chi connectivity index (χ1v) is 4.83. The first-order valence-electron chi connectivity index (χ1n) is 4.83. The highest BCUT2D eigenvalue weighted by Crippen LogP contribution is 2.24. The van der Waals surface area contributed by atoms with Crippen molar-refractivity contribution in [3.05, 3.63) is 23.3 Å². The van der Waals surface area contributed by atoms with E-state index in [9.17, 15) is 0 Å². The minimum absolute atomic E-state index is 0.316. The van der Waals surface area contributed by atoms with Crippen molar-refractivity contribution in [3.8, 4) is 0 Å². The van der Waals surface area contributed by atoms with Gasteiger partial charge in [0.05, 0.1) is 12.2 Å². The molecule has 0 aliphatic carbocycles. The largest absolute Gasteiger partial charge is 0.454 e. The molecule has 2 aliphatic rings. The first kappa shape index (κ1) is 9.12. The second kappa shape index (κ2) is 4.17. The molecule has 0 aromatic heterocycles. The molecule has 0 saturated carbocycles. The normalized spacial score (nSPS) is 29.6. The highest BCUT2D eigenvalue weighted by molar-refractivity contribution is 5.60. The SMILES string of the molecule is CC/C1=C2\OCO\C2=C\CN=CCN1. The number of aliphatic imine (C=N–C) groups is 1. The van der Waals surface area contributed by atoms with Crippen molar-refractivity contribution in [2.45, 2.75) is 13.3 Å². The maximum Gasteiger partial charge on any atom is 0.231 e. The van der Waals surface area contributed by atoms with Crippen molar-refractivity contribution < 1.29 is 9.47 Å². The third-order valence-electron chi connectivity index (χ3n) is 2.19. The van der Waals surface area contributed by atoms with Crippen molar-refractivity contribution in [3.63, 3.8) is 0 Å². The number of hydrogen-bond donors (Lipinski definition) is 1. The van der Waals surface area contributed by atoms with E-state index in [1.165, 1.54) is 0 Å². The van der Waals surface area contributed by atoms with E-state index in [2.05, 4.69) is 17.2 Å². The van der Waals surface area contributed by atoms with Gasteiger partial charge in [-0.15, -0.1) is 0 Å². The maximum atomic E-state index is 5.42. The van der Waals surface area contributed by atoms with Crippen LogP contribution in [-0.4, -0.2) is 26.1 Å². The average molecular weight is 194 g/mol. The molecule has 76 valence electrons. The number of ether oxygens (including phenoxy) is 2. The van der Waals surface area contributed by atoms with E-state index in [4.69, 9.17) is 9.47 Å². The number of nitrogens with zero attached hydrogens (tertiary/aromatic N) is 1. The van der Waals surface area contributed by atoms with Crippen molar-refractivity contribution in [2.24, 2.45) is 4.99 Å². The van der Waals surface area contributed by atoms with Crippen LogP contribution >= 0.6 is 0 Å². The number of allylic oxidation sites excluding steroid dienone is 1. The van der Waals surface area contributed by atoms with Crippen LogP contribution in [0.4, 0.5) is 0 Å². The van der Waals surface area contributed by atoms with E-state index in [1.54, 1.807) is 0 Å². The summed E-state index contributed by atoms with van der Waals surface area (Å²) < 4.78 is 10.8. The molecule has 0 aromatic carbocycles. The molecule has 1 N–H and O–H groups in total. The van der Waals surface area contributed by atoms with Crippen LogP contribution in [0, 0.1) is 0 Å². The Bertz CT molecular complexity index is 305. The standard InChI is InChI=1S/C10H14N2O2/c1-2-8-10-9(13-7-14-10)3-4-11-5-6-12-8/h3,5,12H,2,4,6-7H2,1H3/b9-3+,10-8+,11-5?. The van der Waals surface area contributed by atoms with Gasteiger partial charge in [-0.05, 0) is 12.5 Å². The Hall–Kier alpha value is -1.45. The van der Waals surface area contributed by atoms with Crippen LogP contribution in [0.15, 0.2) is 28.3 Å². The Morgan fingerprint density at radius 3 is 3.29 bits per heavy atom. The number of rotatable bonds is 1. The quantitative estimate of drug-likeness (QED) is 0.681. The predicted octanol–water partition coefficient (Wildman–Crippen LogP) is 1.17. The lowest BCUT2D eigenvalue weighted by Gasteiger charge is -2.08. The molecule has 2 aliphatic heterocycles. The lowest BCUT2D eigenvalue weighted by Crippen LogP contribution is -2.17. The van der Waals surface area contributed by atoms with E-state index >= 15 is 0 Å². The van der Waals surface area contributed by atoms with E-state index in [-0.39, 0.29) is 0 Å². The molecule has 0 aromatic rings. The molecule has 0 spiro atoms. The highest BCUT2D eigenvalue weighted by atomic mass is 16.7. The summed E-state index contributed by atoms with van der Waals surface area (Å²) in [6.07, 6.45) is 4.72. The molecule has 0 amide bonds. The zero-order chi connectivity index (χ0) is 9.80. The summed E-state index contributed by atoms with van der Waals surface area (Å²) in [5.74, 6) is 1.66. The fourth-order valence-corrected chi connectivity index (χ4v) is 1.49. The second-order valence-electron chi connectivity index (χ2n) is 3.06. The number of nitrogens with one attached hydrogen (secondary N) is 1. The lowest BCUT2D eigenvalue weighted by atomic mass is 10.2. The topological polar surface area (TPSA) is 42.9 Å². The van der Waals surface area contributed by atoms with Crippen LogP contribution in [0.2, 0.25) is 0 Å². The summed E-state index contributed by atoms with van der Waals surface area (Å²) in [7, 11) is 0. The van der Waals surface area contributed by atoms with Crippen LogP contribution in [0.5, 0.6) is 0 Å². The molecule has 1 fully saturated rings. The monoisotopic (exact) mass is 194 g/mol. The van der Waals surface area contributed by atoms with Gasteiger partial charge in [-0.25, -0.2) is 0 Å². The van der Waals surface area contributed by atoms with E-state index in [1.807, 2.05) is 12.3 Å². The average Bonchev–Trinajstić information content (AvgIpc) is 2.65. The fraction of sp³-hybridized carbons (Fsp3) is 0.500. The number of fused-ring (bicyclic) bond motifs is 1. The smallest absolute Gasteiger partial charge is 0.231 e. The molecule has 2 rings (SSSR count). The molecule has 0 radical (unpaired) electrons. The molecule has 4 heteroatoms. The van der Waals surface area contributed by atoms with Crippen LogP contribution < -0.4 is 5.32 Å². The molecule has 0 unspecified atom stereocenters. The van der Waals surface area contributed by atoms with Crippen molar-refractivity contribution in [2.75, 3.05) is 19.9 Å². The Morgan fingerprint density at radius 2 is 2.43 bits per heavy atom. The zero-order valence-corrected chi connectivity index (χ0v) is 8.25. The van der Waals surface area contributed by atoms with Crippen molar-refractivity contribution in [1.29, 1.82) is 0 Å². The molecular formula is C10H14N2O2. The van der Waals surface area contributed by atoms with E-state index < -0.39 is 0 Å². The third kappa shape index (κ3) is 1.73. The first-order chi connectivity index (χ1) is 6.92. The highest BCUT2D eigenvalue weighted by Gasteiger charge is 2.20. The number of hydrogen-bond acceptors (Lipinski definition) is 4. The van der Waals surface area contributed by atoms with Gasteiger partial charge >= 0.3 is 0 Å². The summed E-state index contributed by atoms with van der Waals surface area (Å²) in [6.45, 7) is 3.80.